The topological polar surface area (TPSA) is 75.1 Å². The number of ether oxygens (including phenoxy) is 2. The molecule has 0 atom stereocenters. The lowest BCUT2D eigenvalue weighted by Gasteiger charge is -2.36. The summed E-state index contributed by atoms with van der Waals surface area (Å²) < 4.78 is 11.7. The monoisotopic (exact) mass is 568 g/mol. The summed E-state index contributed by atoms with van der Waals surface area (Å²) in [5.41, 5.74) is 0. The Kier molecular flexibility index (Phi) is 10.00. The lowest BCUT2D eigenvalue weighted by molar-refractivity contribution is 0.131. The summed E-state index contributed by atoms with van der Waals surface area (Å²) in [6.07, 6.45) is 4.38. The van der Waals surface area contributed by atoms with Gasteiger partial charge in [0.05, 0.1) is 30.9 Å². The van der Waals surface area contributed by atoms with Crippen LogP contribution in [0.25, 0.3) is 0 Å². The van der Waals surface area contributed by atoms with Crippen molar-refractivity contribution in [2.24, 2.45) is 10.9 Å². The lowest BCUT2D eigenvalue weighted by Crippen LogP contribution is -2.53. The van der Waals surface area contributed by atoms with Gasteiger partial charge < -0.3 is 24.6 Å². The Bertz CT molecular complexity index is 639. The van der Waals surface area contributed by atoms with Crippen LogP contribution in [0.1, 0.15) is 19.8 Å². The molecule has 0 unspecified atom stereocenters. The molecule has 8 nitrogen and oxygen atoms in total. The van der Waals surface area contributed by atoms with E-state index in [4.69, 9.17) is 14.5 Å². The lowest BCUT2D eigenvalue weighted by atomic mass is 10.3. The minimum absolute atomic E-state index is 0. The van der Waals surface area contributed by atoms with Crippen LogP contribution in [0.2, 0.25) is 0 Å². The van der Waals surface area contributed by atoms with Gasteiger partial charge in [-0.05, 0) is 41.6 Å². The molecule has 1 aliphatic heterocycles. The molecule has 1 saturated carbocycles. The molecule has 1 aromatic heterocycles. The minimum Gasteiger partial charge on any atom is -0.480 e. The van der Waals surface area contributed by atoms with Crippen LogP contribution >= 0.6 is 39.9 Å². The van der Waals surface area contributed by atoms with E-state index >= 15 is 0 Å². The van der Waals surface area contributed by atoms with Crippen molar-refractivity contribution in [3.63, 3.8) is 0 Å². The van der Waals surface area contributed by atoms with Crippen molar-refractivity contribution in [3.8, 4) is 5.88 Å². The molecular weight excluding hydrogens is 539 g/mol. The maximum atomic E-state index is 5.69. The molecule has 0 radical (unpaired) electrons. The van der Waals surface area contributed by atoms with E-state index in [1.807, 2.05) is 0 Å². The number of hydrogen-bond donors (Lipinski definition) is 1. The third kappa shape index (κ3) is 6.87. The number of nitrogens with zero attached hydrogens (tertiary/aromatic N) is 5. The largest absolute Gasteiger partial charge is 0.480 e. The fourth-order valence-corrected chi connectivity index (χ4v) is 3.29. The zero-order valence-corrected chi connectivity index (χ0v) is 20.5. The average molecular weight is 569 g/mol. The summed E-state index contributed by atoms with van der Waals surface area (Å²) >= 11 is 3.40. The molecule has 1 aliphatic carbocycles. The first-order valence-corrected chi connectivity index (χ1v) is 10.4. The third-order valence-electron chi connectivity index (χ3n) is 4.64. The van der Waals surface area contributed by atoms with E-state index in [0.29, 0.717) is 25.0 Å². The van der Waals surface area contributed by atoms with E-state index in [0.717, 1.165) is 55.7 Å². The van der Waals surface area contributed by atoms with Crippen molar-refractivity contribution in [1.29, 1.82) is 0 Å². The van der Waals surface area contributed by atoms with Crippen LogP contribution in [0.15, 0.2) is 15.7 Å². The molecule has 0 aromatic carbocycles. The van der Waals surface area contributed by atoms with E-state index in [9.17, 15) is 0 Å². The molecule has 3 rings (SSSR count). The zero-order valence-electron chi connectivity index (χ0n) is 16.6. The molecule has 2 fully saturated rings. The molecule has 28 heavy (non-hydrogen) atoms. The van der Waals surface area contributed by atoms with Crippen molar-refractivity contribution in [1.82, 2.24) is 20.2 Å². The Balaban J connectivity index is 0.00000280. The second kappa shape index (κ2) is 12.0. The van der Waals surface area contributed by atoms with E-state index in [-0.39, 0.29) is 24.0 Å². The van der Waals surface area contributed by atoms with Crippen molar-refractivity contribution in [2.75, 3.05) is 64.5 Å². The third-order valence-corrected chi connectivity index (χ3v) is 5.18. The number of halogens is 2. The van der Waals surface area contributed by atoms with Gasteiger partial charge in [0, 0.05) is 39.3 Å². The van der Waals surface area contributed by atoms with Crippen molar-refractivity contribution in [2.45, 2.75) is 19.8 Å². The van der Waals surface area contributed by atoms with Crippen LogP contribution in [-0.4, -0.2) is 80.4 Å². The average Bonchev–Trinajstić information content (AvgIpc) is 3.52. The summed E-state index contributed by atoms with van der Waals surface area (Å²) in [4.78, 5) is 18.1. The van der Waals surface area contributed by atoms with Gasteiger partial charge in [0.2, 0.25) is 11.8 Å². The summed E-state index contributed by atoms with van der Waals surface area (Å²) in [7, 11) is 1.61. The summed E-state index contributed by atoms with van der Waals surface area (Å²) in [6, 6.07) is 0. The normalized spacial score (nSPS) is 17.3. The van der Waals surface area contributed by atoms with Gasteiger partial charge >= 0.3 is 0 Å². The van der Waals surface area contributed by atoms with Gasteiger partial charge in [-0.25, -0.2) is 4.98 Å². The number of piperazine rings is 1. The van der Waals surface area contributed by atoms with Crippen LogP contribution in [0.4, 0.5) is 5.95 Å². The molecule has 2 aliphatic rings. The minimum atomic E-state index is 0. The first-order chi connectivity index (χ1) is 13.2. The van der Waals surface area contributed by atoms with Crippen LogP contribution in [-0.2, 0) is 4.74 Å². The number of methoxy groups -OCH3 is 1. The Morgan fingerprint density at radius 1 is 1.32 bits per heavy atom. The van der Waals surface area contributed by atoms with Gasteiger partial charge in [0.1, 0.15) is 0 Å². The van der Waals surface area contributed by atoms with Crippen LogP contribution in [0.3, 0.4) is 0 Å². The number of hydrogen-bond acceptors (Lipinski definition) is 6. The predicted molar refractivity (Wildman–Crippen MR) is 125 cm³/mol. The predicted octanol–water partition coefficient (Wildman–Crippen LogP) is 2.38. The summed E-state index contributed by atoms with van der Waals surface area (Å²) in [5.74, 6) is 3.02. The van der Waals surface area contributed by atoms with Crippen LogP contribution in [0, 0.1) is 5.92 Å². The molecule has 1 aromatic rings. The molecule has 0 spiro atoms. The fourth-order valence-electron chi connectivity index (χ4n) is 2.93. The molecule has 1 saturated heterocycles. The van der Waals surface area contributed by atoms with Gasteiger partial charge in [-0.1, -0.05) is 0 Å². The maximum absolute atomic E-state index is 5.69. The standard InChI is InChI=1S/C18H29BrN6O2.HI/c1-3-20-17(21-6-11-27-13-14-4-5-14)24-7-9-25(10-8-24)18-22-12-15(19)16(23-18)26-2;/h12,14H,3-11,13H2,1-2H3,(H,20,21);1H. The fraction of sp³-hybridized carbons (Fsp3) is 0.722. The molecular formula is C18H30BrIN6O2. The number of rotatable bonds is 8. The Morgan fingerprint density at radius 3 is 2.71 bits per heavy atom. The SMILES string of the molecule is CCNC(=NCCOCC1CC1)N1CCN(c2ncc(Br)c(OC)n2)CC1.I. The number of guanidine groups is 1. The maximum Gasteiger partial charge on any atom is 0.232 e. The van der Waals surface area contributed by atoms with Crippen LogP contribution < -0.4 is 15.0 Å². The van der Waals surface area contributed by atoms with E-state index in [1.54, 1.807) is 13.3 Å². The molecule has 0 bridgehead atoms. The second-order valence-electron chi connectivity index (χ2n) is 6.76. The quantitative estimate of drug-likeness (QED) is 0.223. The first kappa shape index (κ1) is 23.4. The number of anilines is 1. The Labute approximate surface area is 192 Å². The van der Waals surface area contributed by atoms with E-state index in [2.05, 4.69) is 47.9 Å². The molecule has 10 heteroatoms. The van der Waals surface area contributed by atoms with Gasteiger partial charge in [-0.15, -0.1) is 24.0 Å². The Hall–Kier alpha value is -0.880. The van der Waals surface area contributed by atoms with Crippen molar-refractivity contribution >= 4 is 51.8 Å². The summed E-state index contributed by atoms with van der Waals surface area (Å²) in [5, 5.41) is 3.39. The zero-order chi connectivity index (χ0) is 19.1. The van der Waals surface area contributed by atoms with E-state index in [1.165, 1.54) is 12.8 Å². The highest BCUT2D eigenvalue weighted by Crippen LogP contribution is 2.28. The van der Waals surface area contributed by atoms with Crippen molar-refractivity contribution < 1.29 is 9.47 Å². The molecule has 2 heterocycles. The van der Waals surface area contributed by atoms with E-state index < -0.39 is 0 Å². The molecule has 0 amide bonds. The highest BCUT2D eigenvalue weighted by Gasteiger charge is 2.23. The Morgan fingerprint density at radius 2 is 2.07 bits per heavy atom. The summed E-state index contributed by atoms with van der Waals surface area (Å²) in [6.45, 7) is 8.65. The van der Waals surface area contributed by atoms with Gasteiger partial charge in [0.15, 0.2) is 5.96 Å². The van der Waals surface area contributed by atoms with Gasteiger partial charge in [-0.2, -0.15) is 4.98 Å². The highest BCUT2D eigenvalue weighted by atomic mass is 127. The number of aromatic nitrogens is 2. The van der Waals surface area contributed by atoms with Gasteiger partial charge in [0.25, 0.3) is 0 Å². The highest BCUT2D eigenvalue weighted by molar-refractivity contribution is 14.0. The molecule has 158 valence electrons. The smallest absolute Gasteiger partial charge is 0.232 e. The second-order valence-corrected chi connectivity index (χ2v) is 7.61. The first-order valence-electron chi connectivity index (χ1n) is 9.63. The van der Waals surface area contributed by atoms with Gasteiger partial charge in [-0.3, -0.25) is 4.99 Å². The number of aliphatic imine (C=N–C) groups is 1. The molecule has 1 N–H and O–H groups in total. The van der Waals surface area contributed by atoms with Crippen molar-refractivity contribution in [3.05, 3.63) is 10.7 Å². The van der Waals surface area contributed by atoms with Crippen LogP contribution in [0.5, 0.6) is 5.88 Å². The number of nitrogens with one attached hydrogen (secondary N) is 1.